The number of allylic oxidation sites excluding steroid dienone is 2. The van der Waals surface area contributed by atoms with E-state index in [0.29, 0.717) is 24.2 Å². The molecule has 0 bridgehead atoms. The van der Waals surface area contributed by atoms with Gasteiger partial charge in [0.1, 0.15) is 6.10 Å². The molecule has 0 aromatic rings. The standard InChI is InChI=1S/C30H50O5/c1-26(2)22-9-8-20-19(28(22,5)13-12-23(26)31)11-15-29(6)18(10-14-30(20,29)7)17-16-21(35-25(17)33)24(32)27(3,4)34/h8,17-19,21-25,31-34H,9-16H2,1-7H3/t17-,18+,19-,21+,22-,23-,24-,25+,28+,29-,30+/m0/s1. The van der Waals surface area contributed by atoms with Crippen molar-refractivity contribution in [2.24, 2.45) is 45.3 Å². The summed E-state index contributed by atoms with van der Waals surface area (Å²) in [4.78, 5) is 0. The SMILES string of the molecule is CC(C)(O)[C@@H](O)[C@H]1C[C@@H]([C@H]2CC[C@]3(C)C4=CC[C@H]5C(C)(C)[C@@H](O)CC[C@]5(C)[C@H]4CC[C@@]23C)[C@H](O)O1. The predicted octanol–water partition coefficient (Wildman–Crippen LogP) is 4.81. The fourth-order valence-corrected chi connectivity index (χ4v) is 10.2. The van der Waals surface area contributed by atoms with E-state index >= 15 is 0 Å². The van der Waals surface area contributed by atoms with E-state index in [0.717, 1.165) is 38.5 Å². The van der Waals surface area contributed by atoms with Crippen LogP contribution in [0.5, 0.6) is 0 Å². The van der Waals surface area contributed by atoms with Crippen molar-refractivity contribution < 1.29 is 25.2 Å². The molecule has 1 heterocycles. The number of fused-ring (bicyclic) bond motifs is 5. The van der Waals surface area contributed by atoms with E-state index < -0.39 is 24.1 Å². The van der Waals surface area contributed by atoms with Gasteiger partial charge in [0.05, 0.1) is 17.8 Å². The summed E-state index contributed by atoms with van der Waals surface area (Å²) in [5.41, 5.74) is 0.740. The molecule has 5 nitrogen and oxygen atoms in total. The van der Waals surface area contributed by atoms with Gasteiger partial charge in [0.25, 0.3) is 0 Å². The molecule has 0 aromatic heterocycles. The maximum Gasteiger partial charge on any atom is 0.158 e. The van der Waals surface area contributed by atoms with E-state index in [1.807, 2.05) is 0 Å². The summed E-state index contributed by atoms with van der Waals surface area (Å²) in [6.07, 6.45) is 8.08. The van der Waals surface area contributed by atoms with Crippen molar-refractivity contribution in [2.75, 3.05) is 0 Å². The summed E-state index contributed by atoms with van der Waals surface area (Å²) in [7, 11) is 0. The molecular weight excluding hydrogens is 440 g/mol. The van der Waals surface area contributed by atoms with Crippen LogP contribution in [-0.4, -0.2) is 50.6 Å². The second kappa shape index (κ2) is 8.02. The summed E-state index contributed by atoms with van der Waals surface area (Å²) in [5, 5.41) is 42.8. The molecule has 5 rings (SSSR count). The molecule has 3 saturated carbocycles. The first kappa shape index (κ1) is 26.2. The van der Waals surface area contributed by atoms with Crippen LogP contribution in [0.25, 0.3) is 0 Å². The lowest BCUT2D eigenvalue weighted by Crippen LogP contribution is -2.58. The monoisotopic (exact) mass is 490 g/mol. The van der Waals surface area contributed by atoms with E-state index in [-0.39, 0.29) is 33.7 Å². The zero-order chi connectivity index (χ0) is 25.8. The Morgan fingerprint density at radius 1 is 1.00 bits per heavy atom. The van der Waals surface area contributed by atoms with Crippen molar-refractivity contribution in [2.45, 2.75) is 130 Å². The van der Waals surface area contributed by atoms with E-state index in [9.17, 15) is 20.4 Å². The van der Waals surface area contributed by atoms with Crippen molar-refractivity contribution in [3.8, 4) is 0 Å². The van der Waals surface area contributed by atoms with E-state index in [1.165, 1.54) is 6.42 Å². The highest BCUT2D eigenvalue weighted by atomic mass is 16.6. The Hall–Kier alpha value is -0.460. The highest BCUT2D eigenvalue weighted by Crippen LogP contribution is 2.73. The van der Waals surface area contributed by atoms with Gasteiger partial charge in [-0.15, -0.1) is 0 Å². The lowest BCUT2D eigenvalue weighted by atomic mass is 9.41. The molecule has 35 heavy (non-hydrogen) atoms. The number of rotatable bonds is 3. The van der Waals surface area contributed by atoms with Crippen LogP contribution in [0.4, 0.5) is 0 Å². The average Bonchev–Trinajstić information content (AvgIpc) is 3.26. The van der Waals surface area contributed by atoms with Gasteiger partial charge in [-0.25, -0.2) is 0 Å². The largest absolute Gasteiger partial charge is 0.393 e. The molecule has 200 valence electrons. The first-order valence-electron chi connectivity index (χ1n) is 14.2. The van der Waals surface area contributed by atoms with E-state index in [4.69, 9.17) is 4.74 Å². The minimum Gasteiger partial charge on any atom is -0.393 e. The molecule has 4 aliphatic carbocycles. The van der Waals surface area contributed by atoms with Crippen LogP contribution in [0.1, 0.15) is 99.8 Å². The van der Waals surface area contributed by atoms with Crippen molar-refractivity contribution in [3.05, 3.63) is 11.6 Å². The quantitative estimate of drug-likeness (QED) is 0.427. The molecule has 11 atom stereocenters. The first-order valence-corrected chi connectivity index (χ1v) is 14.2. The third-order valence-electron chi connectivity index (χ3n) is 12.7. The lowest BCUT2D eigenvalue weighted by Gasteiger charge is -2.64. The summed E-state index contributed by atoms with van der Waals surface area (Å²) in [6, 6.07) is 0. The number of aliphatic hydroxyl groups excluding tert-OH is 3. The molecule has 0 amide bonds. The molecule has 1 aliphatic heterocycles. The summed E-state index contributed by atoms with van der Waals surface area (Å²) >= 11 is 0. The van der Waals surface area contributed by atoms with Gasteiger partial charge < -0.3 is 25.2 Å². The van der Waals surface area contributed by atoms with Crippen LogP contribution >= 0.6 is 0 Å². The molecule has 1 saturated heterocycles. The van der Waals surface area contributed by atoms with Crippen molar-refractivity contribution in [1.29, 1.82) is 0 Å². The van der Waals surface area contributed by atoms with Crippen LogP contribution in [0.15, 0.2) is 11.6 Å². The van der Waals surface area contributed by atoms with Gasteiger partial charge in [-0.1, -0.05) is 46.3 Å². The Kier molecular flexibility index (Phi) is 6.00. The van der Waals surface area contributed by atoms with Crippen molar-refractivity contribution in [3.63, 3.8) is 0 Å². The number of hydrogen-bond acceptors (Lipinski definition) is 5. The smallest absolute Gasteiger partial charge is 0.158 e. The predicted molar refractivity (Wildman–Crippen MR) is 136 cm³/mol. The van der Waals surface area contributed by atoms with Crippen LogP contribution in [0, 0.1) is 45.3 Å². The van der Waals surface area contributed by atoms with Gasteiger partial charge in [0, 0.05) is 5.92 Å². The molecule has 0 spiro atoms. The van der Waals surface area contributed by atoms with Gasteiger partial charge in [0.2, 0.25) is 0 Å². The molecule has 0 unspecified atom stereocenters. The molecular formula is C30H50O5. The van der Waals surface area contributed by atoms with Gasteiger partial charge in [-0.2, -0.15) is 0 Å². The zero-order valence-electron chi connectivity index (χ0n) is 23.1. The highest BCUT2D eigenvalue weighted by molar-refractivity contribution is 5.33. The van der Waals surface area contributed by atoms with Crippen LogP contribution in [0.3, 0.4) is 0 Å². The number of hydrogen-bond donors (Lipinski definition) is 4. The highest BCUT2D eigenvalue weighted by Gasteiger charge is 2.66. The summed E-state index contributed by atoms with van der Waals surface area (Å²) in [6.45, 7) is 15.2. The number of ether oxygens (including phenoxy) is 1. The van der Waals surface area contributed by atoms with Crippen molar-refractivity contribution in [1.82, 2.24) is 0 Å². The maximum absolute atomic E-state index is 11.0. The maximum atomic E-state index is 11.0. The lowest BCUT2D eigenvalue weighted by molar-refractivity contribution is -0.173. The second-order valence-electron chi connectivity index (χ2n) is 14.9. The minimum atomic E-state index is -1.26. The third kappa shape index (κ3) is 3.51. The Morgan fingerprint density at radius 2 is 1.69 bits per heavy atom. The van der Waals surface area contributed by atoms with Crippen molar-refractivity contribution >= 4 is 0 Å². The number of aliphatic hydroxyl groups is 4. The minimum absolute atomic E-state index is 0.0170. The molecule has 4 fully saturated rings. The molecule has 5 aliphatic rings. The fourth-order valence-electron chi connectivity index (χ4n) is 10.2. The van der Waals surface area contributed by atoms with Gasteiger partial charge in [-0.3, -0.25) is 0 Å². The molecule has 0 aromatic carbocycles. The van der Waals surface area contributed by atoms with Gasteiger partial charge in [-0.05, 0) is 105 Å². The average molecular weight is 491 g/mol. The van der Waals surface area contributed by atoms with E-state index in [2.05, 4.69) is 40.7 Å². The molecule has 0 radical (unpaired) electrons. The van der Waals surface area contributed by atoms with E-state index in [1.54, 1.807) is 19.4 Å². The summed E-state index contributed by atoms with van der Waals surface area (Å²) in [5.74, 6) is 1.39. The second-order valence-corrected chi connectivity index (χ2v) is 14.9. The topological polar surface area (TPSA) is 90.2 Å². The first-order chi connectivity index (χ1) is 16.1. The summed E-state index contributed by atoms with van der Waals surface area (Å²) < 4.78 is 5.87. The third-order valence-corrected chi connectivity index (χ3v) is 12.7. The zero-order valence-corrected chi connectivity index (χ0v) is 23.1. The van der Waals surface area contributed by atoms with Crippen LogP contribution < -0.4 is 0 Å². The van der Waals surface area contributed by atoms with Gasteiger partial charge in [0.15, 0.2) is 6.29 Å². The Balaban J connectivity index is 1.44. The van der Waals surface area contributed by atoms with Crippen LogP contribution in [-0.2, 0) is 4.74 Å². The van der Waals surface area contributed by atoms with Gasteiger partial charge >= 0.3 is 0 Å². The fraction of sp³-hybridized carbons (Fsp3) is 0.933. The Labute approximate surface area is 212 Å². The Bertz CT molecular complexity index is 874. The Morgan fingerprint density at radius 3 is 2.34 bits per heavy atom. The van der Waals surface area contributed by atoms with Crippen LogP contribution in [0.2, 0.25) is 0 Å². The molecule has 4 N–H and O–H groups in total. The normalized spacial score (nSPS) is 52.3. The molecule has 5 heteroatoms.